The largest absolute Gasteiger partial charge is 0.481 e. The van der Waals surface area contributed by atoms with Crippen LogP contribution in [0, 0.1) is 5.92 Å². The number of anilines is 1. The van der Waals surface area contributed by atoms with Gasteiger partial charge in [0.15, 0.2) is 0 Å². The summed E-state index contributed by atoms with van der Waals surface area (Å²) in [6, 6.07) is 7.29. The fourth-order valence-corrected chi connectivity index (χ4v) is 2.15. The lowest BCUT2D eigenvalue weighted by Gasteiger charge is -2.16. The Kier molecular flexibility index (Phi) is 2.96. The second kappa shape index (κ2) is 4.25. The molecule has 0 radical (unpaired) electrons. The minimum absolute atomic E-state index is 0.0852. The minimum Gasteiger partial charge on any atom is -0.481 e. The maximum atomic E-state index is 11.6. The maximum Gasteiger partial charge on any atom is 0.308 e. The average Bonchev–Trinajstić information content (AvgIpc) is 2.60. The van der Waals surface area contributed by atoms with E-state index < -0.39 is 11.9 Å². The standard InChI is InChI=1S/C11H10BrNO3/c12-8-2-1-3-9(5-8)13-6-7(11(15)16)4-10(13)14/h1-3,5,7H,4,6H2,(H,15,16). The van der Waals surface area contributed by atoms with Crippen LogP contribution in [0.5, 0.6) is 0 Å². The Morgan fingerprint density at radius 3 is 2.81 bits per heavy atom. The Labute approximate surface area is 101 Å². The van der Waals surface area contributed by atoms with Crippen LogP contribution in [0.3, 0.4) is 0 Å². The maximum absolute atomic E-state index is 11.6. The van der Waals surface area contributed by atoms with Crippen LogP contribution in [-0.4, -0.2) is 23.5 Å². The van der Waals surface area contributed by atoms with E-state index in [9.17, 15) is 9.59 Å². The van der Waals surface area contributed by atoms with Crippen LogP contribution in [0.1, 0.15) is 6.42 Å². The van der Waals surface area contributed by atoms with Gasteiger partial charge in [0.2, 0.25) is 5.91 Å². The lowest BCUT2D eigenvalue weighted by atomic mass is 10.1. The molecule has 1 atom stereocenters. The molecule has 1 saturated heterocycles. The molecule has 0 aliphatic carbocycles. The first-order valence-electron chi connectivity index (χ1n) is 4.86. The third-order valence-corrected chi connectivity index (χ3v) is 3.09. The summed E-state index contributed by atoms with van der Waals surface area (Å²) in [7, 11) is 0. The van der Waals surface area contributed by atoms with Crippen molar-refractivity contribution in [2.24, 2.45) is 5.92 Å². The molecule has 84 valence electrons. The number of hydrogen-bond acceptors (Lipinski definition) is 2. The zero-order valence-corrected chi connectivity index (χ0v) is 9.98. The molecule has 1 fully saturated rings. The van der Waals surface area contributed by atoms with Crippen molar-refractivity contribution < 1.29 is 14.7 Å². The number of carbonyl (C=O) groups is 2. The highest BCUT2D eigenvalue weighted by Gasteiger charge is 2.34. The number of carboxylic acids is 1. The summed E-state index contributed by atoms with van der Waals surface area (Å²) >= 11 is 3.32. The number of rotatable bonds is 2. The number of hydrogen-bond donors (Lipinski definition) is 1. The van der Waals surface area contributed by atoms with Crippen LogP contribution < -0.4 is 4.90 Å². The van der Waals surface area contributed by atoms with Crippen LogP contribution in [0.4, 0.5) is 5.69 Å². The van der Waals surface area contributed by atoms with E-state index >= 15 is 0 Å². The molecule has 1 amide bonds. The highest BCUT2D eigenvalue weighted by molar-refractivity contribution is 9.10. The predicted molar refractivity (Wildman–Crippen MR) is 62.2 cm³/mol. The van der Waals surface area contributed by atoms with Gasteiger partial charge in [0.05, 0.1) is 5.92 Å². The summed E-state index contributed by atoms with van der Waals surface area (Å²) in [5, 5.41) is 8.86. The summed E-state index contributed by atoms with van der Waals surface area (Å²) in [5.74, 6) is -1.64. The van der Waals surface area contributed by atoms with Crippen LogP contribution in [0.2, 0.25) is 0 Å². The smallest absolute Gasteiger partial charge is 0.308 e. The van der Waals surface area contributed by atoms with Gasteiger partial charge < -0.3 is 10.0 Å². The molecule has 5 heteroatoms. The molecule has 0 spiro atoms. The molecule has 2 rings (SSSR count). The monoisotopic (exact) mass is 283 g/mol. The molecule has 0 bridgehead atoms. The van der Waals surface area contributed by atoms with Gasteiger partial charge in [-0.2, -0.15) is 0 Å². The summed E-state index contributed by atoms with van der Waals surface area (Å²) in [6.45, 7) is 0.255. The van der Waals surface area contributed by atoms with Crippen molar-refractivity contribution in [1.29, 1.82) is 0 Å². The first-order chi connectivity index (χ1) is 7.58. The van der Waals surface area contributed by atoms with Gasteiger partial charge in [-0.3, -0.25) is 9.59 Å². The number of halogens is 1. The van der Waals surface area contributed by atoms with Crippen molar-refractivity contribution >= 4 is 33.5 Å². The first-order valence-corrected chi connectivity index (χ1v) is 5.66. The second-order valence-electron chi connectivity index (χ2n) is 3.72. The van der Waals surface area contributed by atoms with Gasteiger partial charge in [0.1, 0.15) is 0 Å². The molecule has 0 saturated carbocycles. The van der Waals surface area contributed by atoms with E-state index in [0.29, 0.717) is 0 Å². The van der Waals surface area contributed by atoms with E-state index in [0.717, 1.165) is 10.2 Å². The van der Waals surface area contributed by atoms with Crippen LogP contribution in [0.15, 0.2) is 28.7 Å². The summed E-state index contributed by atoms with van der Waals surface area (Å²) in [5.41, 5.74) is 0.739. The third-order valence-electron chi connectivity index (χ3n) is 2.59. The first kappa shape index (κ1) is 11.1. The van der Waals surface area contributed by atoms with E-state index in [1.165, 1.54) is 4.90 Å². The van der Waals surface area contributed by atoms with E-state index in [4.69, 9.17) is 5.11 Å². The Bertz CT molecular complexity index is 447. The van der Waals surface area contributed by atoms with Crippen molar-refractivity contribution in [2.75, 3.05) is 11.4 Å². The van der Waals surface area contributed by atoms with Crippen molar-refractivity contribution in [1.82, 2.24) is 0 Å². The zero-order valence-electron chi connectivity index (χ0n) is 8.39. The molecular formula is C11H10BrNO3. The summed E-state index contributed by atoms with van der Waals surface area (Å²) < 4.78 is 0.872. The van der Waals surface area contributed by atoms with Crippen LogP contribution in [-0.2, 0) is 9.59 Å². The number of benzene rings is 1. The molecule has 16 heavy (non-hydrogen) atoms. The lowest BCUT2D eigenvalue weighted by molar-refractivity contribution is -0.141. The van der Waals surface area contributed by atoms with Crippen LogP contribution >= 0.6 is 15.9 Å². The van der Waals surface area contributed by atoms with Gasteiger partial charge in [-0.25, -0.2) is 0 Å². The van der Waals surface area contributed by atoms with Gasteiger partial charge >= 0.3 is 5.97 Å². The fourth-order valence-electron chi connectivity index (χ4n) is 1.77. The van der Waals surface area contributed by atoms with Crippen molar-refractivity contribution in [3.63, 3.8) is 0 Å². The fraction of sp³-hybridized carbons (Fsp3) is 0.273. The van der Waals surface area contributed by atoms with Gasteiger partial charge in [-0.15, -0.1) is 0 Å². The Balaban J connectivity index is 2.23. The Morgan fingerprint density at radius 1 is 1.50 bits per heavy atom. The highest BCUT2D eigenvalue weighted by atomic mass is 79.9. The minimum atomic E-state index is -0.911. The van der Waals surface area contributed by atoms with Gasteiger partial charge in [0.25, 0.3) is 0 Å². The van der Waals surface area contributed by atoms with E-state index in [1.807, 2.05) is 18.2 Å². The summed E-state index contributed by atoms with van der Waals surface area (Å²) in [4.78, 5) is 24.0. The Hall–Kier alpha value is -1.36. The molecule has 1 N–H and O–H groups in total. The van der Waals surface area contributed by atoms with E-state index in [2.05, 4.69) is 15.9 Å². The highest BCUT2D eigenvalue weighted by Crippen LogP contribution is 2.27. The van der Waals surface area contributed by atoms with Crippen molar-refractivity contribution in [2.45, 2.75) is 6.42 Å². The predicted octanol–water partition coefficient (Wildman–Crippen LogP) is 1.89. The SMILES string of the molecule is O=C(O)C1CC(=O)N(c2cccc(Br)c2)C1. The van der Waals surface area contributed by atoms with Crippen molar-refractivity contribution in [3.8, 4) is 0 Å². The number of nitrogens with zero attached hydrogens (tertiary/aromatic N) is 1. The molecule has 0 aromatic heterocycles. The van der Waals surface area contributed by atoms with E-state index in [-0.39, 0.29) is 18.9 Å². The van der Waals surface area contributed by atoms with E-state index in [1.54, 1.807) is 6.07 Å². The molecular weight excluding hydrogens is 274 g/mol. The molecule has 1 aromatic carbocycles. The quantitative estimate of drug-likeness (QED) is 0.902. The number of carbonyl (C=O) groups excluding carboxylic acids is 1. The van der Waals surface area contributed by atoms with Gasteiger partial charge in [-0.1, -0.05) is 22.0 Å². The molecule has 1 aliphatic heterocycles. The third kappa shape index (κ3) is 2.09. The van der Waals surface area contributed by atoms with Crippen LogP contribution in [0.25, 0.3) is 0 Å². The normalized spacial score (nSPS) is 20.2. The second-order valence-corrected chi connectivity index (χ2v) is 4.64. The average molecular weight is 284 g/mol. The number of carboxylic acid groups (broad SMARTS) is 1. The molecule has 1 unspecified atom stereocenters. The zero-order chi connectivity index (χ0) is 11.7. The molecule has 1 aliphatic rings. The van der Waals surface area contributed by atoms with Crippen molar-refractivity contribution in [3.05, 3.63) is 28.7 Å². The molecule has 1 aromatic rings. The number of aliphatic carboxylic acids is 1. The molecule has 4 nitrogen and oxygen atoms in total. The lowest BCUT2D eigenvalue weighted by Crippen LogP contribution is -2.25. The summed E-state index contributed by atoms with van der Waals surface area (Å²) in [6.07, 6.45) is 0.0852. The van der Waals surface area contributed by atoms with Gasteiger partial charge in [0, 0.05) is 23.1 Å². The Morgan fingerprint density at radius 2 is 2.25 bits per heavy atom. The molecule has 1 heterocycles. The van der Waals surface area contributed by atoms with Gasteiger partial charge in [-0.05, 0) is 18.2 Å². The number of amides is 1. The topological polar surface area (TPSA) is 57.6 Å².